The summed E-state index contributed by atoms with van der Waals surface area (Å²) < 4.78 is 13.8. The van der Waals surface area contributed by atoms with Gasteiger partial charge < -0.3 is 14.1 Å². The van der Waals surface area contributed by atoms with Gasteiger partial charge in [0.2, 0.25) is 0 Å². The first-order valence-corrected chi connectivity index (χ1v) is 16.8. The molecule has 9 rings (SSSR count). The molecule has 0 spiro atoms. The highest BCUT2D eigenvalue weighted by molar-refractivity contribution is 6.99. The third-order valence-corrected chi connectivity index (χ3v) is 10.6. The minimum absolute atomic E-state index is 0.0206. The standard InChI is InChI=1S/C42H40BNO2/c1-24-21-33-38-36(22-24)45-34-20-14-27(42(5,6)7)23-32(34)43(38)31-18-17-30-37-29-10-8-9-25(29)11-19-35(37)46-40(30)39(31)44(33)28-15-12-26(13-16-28)41(2,3)4/h11-23H,8-10H2,1-7H3. The van der Waals surface area contributed by atoms with Crippen molar-refractivity contribution < 1.29 is 9.15 Å². The molecule has 228 valence electrons. The van der Waals surface area contributed by atoms with Gasteiger partial charge in [-0.1, -0.05) is 84.0 Å². The van der Waals surface area contributed by atoms with Crippen LogP contribution in [-0.2, 0) is 23.7 Å². The topological polar surface area (TPSA) is 25.6 Å². The average Bonchev–Trinajstić information content (AvgIpc) is 3.64. The van der Waals surface area contributed by atoms with Crippen LogP contribution in [0.2, 0.25) is 0 Å². The van der Waals surface area contributed by atoms with Crippen molar-refractivity contribution in [3.05, 3.63) is 107 Å². The Balaban J connectivity index is 1.39. The van der Waals surface area contributed by atoms with E-state index in [1.165, 1.54) is 67.1 Å². The van der Waals surface area contributed by atoms with Crippen LogP contribution in [0, 0.1) is 6.92 Å². The fourth-order valence-corrected chi connectivity index (χ4v) is 8.22. The van der Waals surface area contributed by atoms with E-state index in [4.69, 9.17) is 9.15 Å². The van der Waals surface area contributed by atoms with E-state index >= 15 is 0 Å². The van der Waals surface area contributed by atoms with Crippen molar-refractivity contribution in [2.24, 2.45) is 0 Å². The van der Waals surface area contributed by atoms with E-state index in [9.17, 15) is 0 Å². The summed E-state index contributed by atoms with van der Waals surface area (Å²) in [5, 5.41) is 2.52. The zero-order valence-corrected chi connectivity index (χ0v) is 28.0. The smallest absolute Gasteiger partial charge is 0.256 e. The summed E-state index contributed by atoms with van der Waals surface area (Å²) in [6.45, 7) is 15.9. The third-order valence-electron chi connectivity index (χ3n) is 10.6. The van der Waals surface area contributed by atoms with E-state index in [1.54, 1.807) is 0 Å². The molecule has 1 aliphatic carbocycles. The van der Waals surface area contributed by atoms with Gasteiger partial charge in [0.25, 0.3) is 6.71 Å². The lowest BCUT2D eigenvalue weighted by atomic mass is 9.34. The molecule has 46 heavy (non-hydrogen) atoms. The Morgan fingerprint density at radius 3 is 2.24 bits per heavy atom. The summed E-state index contributed by atoms with van der Waals surface area (Å²) in [6.07, 6.45) is 3.48. The molecule has 1 aromatic heterocycles. The predicted octanol–water partition coefficient (Wildman–Crippen LogP) is 9.38. The lowest BCUT2D eigenvalue weighted by molar-refractivity contribution is 0.486. The summed E-state index contributed by atoms with van der Waals surface area (Å²) in [5.74, 6) is 1.89. The fraction of sp³-hybridized carbons (Fsp3) is 0.286. The minimum Gasteiger partial charge on any atom is -0.458 e. The van der Waals surface area contributed by atoms with E-state index in [-0.39, 0.29) is 17.5 Å². The van der Waals surface area contributed by atoms with Crippen molar-refractivity contribution in [3.63, 3.8) is 0 Å². The molecule has 0 atom stereocenters. The predicted molar refractivity (Wildman–Crippen MR) is 194 cm³/mol. The van der Waals surface area contributed by atoms with Crippen LogP contribution in [0.4, 0.5) is 17.1 Å². The largest absolute Gasteiger partial charge is 0.458 e. The Morgan fingerprint density at radius 1 is 0.717 bits per heavy atom. The number of anilines is 3. The van der Waals surface area contributed by atoms with Crippen LogP contribution in [0.5, 0.6) is 11.5 Å². The van der Waals surface area contributed by atoms with Crippen molar-refractivity contribution in [3.8, 4) is 11.5 Å². The molecule has 0 amide bonds. The van der Waals surface area contributed by atoms with E-state index < -0.39 is 0 Å². The molecule has 0 fully saturated rings. The molecule has 0 saturated carbocycles. The second kappa shape index (κ2) is 9.31. The number of rotatable bonds is 1. The lowest BCUT2D eigenvalue weighted by Gasteiger charge is -2.40. The van der Waals surface area contributed by atoms with Crippen molar-refractivity contribution in [1.29, 1.82) is 0 Å². The second-order valence-corrected chi connectivity index (χ2v) is 15.8. The first kappa shape index (κ1) is 27.8. The number of benzene rings is 5. The summed E-state index contributed by atoms with van der Waals surface area (Å²) in [6, 6.07) is 29.7. The third kappa shape index (κ3) is 3.92. The summed E-state index contributed by atoms with van der Waals surface area (Å²) in [5.41, 5.74) is 16.0. The Hall–Kier alpha value is -4.44. The molecule has 3 aliphatic rings. The van der Waals surface area contributed by atoms with Crippen molar-refractivity contribution >= 4 is 62.1 Å². The quantitative estimate of drug-likeness (QED) is 0.175. The van der Waals surface area contributed by atoms with E-state index in [1.807, 2.05) is 0 Å². The molecule has 6 aromatic rings. The molecule has 0 unspecified atom stereocenters. The highest BCUT2D eigenvalue weighted by Gasteiger charge is 2.44. The van der Waals surface area contributed by atoms with Crippen LogP contribution < -0.4 is 26.0 Å². The number of nitrogens with zero attached hydrogens (tertiary/aromatic N) is 1. The SMILES string of the molecule is Cc1cc2c3c(c1)N(c1ccc(C(C)(C)C)cc1)c1c(ccc4c1oc1ccc5c(c14)CCC5)B3c1cc(C(C)(C)C)ccc1O2. The van der Waals surface area contributed by atoms with Gasteiger partial charge in [-0.2, -0.15) is 0 Å². The molecule has 0 bridgehead atoms. The molecule has 0 saturated heterocycles. The highest BCUT2D eigenvalue weighted by Crippen LogP contribution is 2.47. The van der Waals surface area contributed by atoms with Crippen molar-refractivity contribution in [2.75, 3.05) is 4.90 Å². The van der Waals surface area contributed by atoms with Gasteiger partial charge in [0.1, 0.15) is 17.1 Å². The van der Waals surface area contributed by atoms with Gasteiger partial charge in [0.15, 0.2) is 5.58 Å². The summed E-state index contributed by atoms with van der Waals surface area (Å²) in [7, 11) is 0. The zero-order valence-electron chi connectivity index (χ0n) is 28.0. The van der Waals surface area contributed by atoms with E-state index in [2.05, 4.69) is 132 Å². The summed E-state index contributed by atoms with van der Waals surface area (Å²) >= 11 is 0. The van der Waals surface area contributed by atoms with Crippen LogP contribution in [0.25, 0.3) is 21.9 Å². The van der Waals surface area contributed by atoms with Crippen molar-refractivity contribution in [2.45, 2.75) is 78.6 Å². The monoisotopic (exact) mass is 601 g/mol. The normalized spacial score (nSPS) is 15.1. The highest BCUT2D eigenvalue weighted by atomic mass is 16.5. The number of furan rings is 1. The van der Waals surface area contributed by atoms with Gasteiger partial charge >= 0.3 is 0 Å². The van der Waals surface area contributed by atoms with Gasteiger partial charge in [0.05, 0.1) is 5.69 Å². The summed E-state index contributed by atoms with van der Waals surface area (Å²) in [4.78, 5) is 2.46. The minimum atomic E-state index is 0.0206. The number of hydrogen-bond acceptors (Lipinski definition) is 3. The first-order chi connectivity index (χ1) is 22.0. The maximum atomic E-state index is 6.99. The second-order valence-electron chi connectivity index (χ2n) is 15.8. The molecule has 3 nitrogen and oxygen atoms in total. The van der Waals surface area contributed by atoms with Crippen LogP contribution >= 0.6 is 0 Å². The number of aryl methyl sites for hydroxylation is 3. The molecule has 3 heterocycles. The van der Waals surface area contributed by atoms with Gasteiger partial charge in [-0.15, -0.1) is 0 Å². The van der Waals surface area contributed by atoms with Crippen LogP contribution in [0.1, 0.15) is 75.8 Å². The van der Waals surface area contributed by atoms with E-state index in [0.717, 1.165) is 46.9 Å². The Kier molecular flexibility index (Phi) is 5.64. The molecular weight excluding hydrogens is 561 g/mol. The van der Waals surface area contributed by atoms with Gasteiger partial charge in [-0.3, -0.25) is 0 Å². The lowest BCUT2D eigenvalue weighted by Crippen LogP contribution is -2.59. The molecular formula is C42H40BNO2. The number of ether oxygens (including phenoxy) is 1. The van der Waals surface area contributed by atoms with Gasteiger partial charge in [0, 0.05) is 22.1 Å². The first-order valence-electron chi connectivity index (χ1n) is 16.8. The number of hydrogen-bond donors (Lipinski definition) is 0. The van der Waals surface area contributed by atoms with Crippen LogP contribution in [0.15, 0.2) is 83.3 Å². The fourth-order valence-electron chi connectivity index (χ4n) is 8.22. The molecule has 4 heteroatoms. The van der Waals surface area contributed by atoms with Crippen molar-refractivity contribution in [1.82, 2.24) is 0 Å². The zero-order chi connectivity index (χ0) is 31.7. The maximum Gasteiger partial charge on any atom is 0.256 e. The molecule has 5 aromatic carbocycles. The van der Waals surface area contributed by atoms with Gasteiger partial charge in [-0.25, -0.2) is 0 Å². The Bertz CT molecular complexity index is 2240. The van der Waals surface area contributed by atoms with Gasteiger partial charge in [-0.05, 0) is 118 Å². The Morgan fingerprint density at radius 2 is 1.48 bits per heavy atom. The molecule has 2 aliphatic heterocycles. The average molecular weight is 602 g/mol. The Labute approximate surface area is 272 Å². The maximum absolute atomic E-state index is 6.99. The van der Waals surface area contributed by atoms with Crippen LogP contribution in [-0.4, -0.2) is 6.71 Å². The van der Waals surface area contributed by atoms with E-state index in [0.29, 0.717) is 0 Å². The number of fused-ring (bicyclic) bond motifs is 10. The molecule has 0 radical (unpaired) electrons. The van der Waals surface area contributed by atoms with Crippen LogP contribution in [0.3, 0.4) is 0 Å². The molecule has 0 N–H and O–H groups in total.